The standard InChI is InChI=1S/C21H24BrN3O2/c1-15-9-11-25(12-10-15)21(27)16-3-2-4-19(13-16)23-14-20(26)24-18-7-5-17(22)6-8-18/h2-8,13,15,23H,9-12,14H2,1H3,(H,24,26). The lowest BCUT2D eigenvalue weighted by Gasteiger charge is -2.30. The topological polar surface area (TPSA) is 61.4 Å². The maximum Gasteiger partial charge on any atom is 0.253 e. The lowest BCUT2D eigenvalue weighted by atomic mass is 9.98. The molecule has 0 saturated carbocycles. The first kappa shape index (κ1) is 19.4. The Kier molecular flexibility index (Phi) is 6.50. The van der Waals surface area contributed by atoms with Gasteiger partial charge in [-0.2, -0.15) is 0 Å². The molecule has 142 valence electrons. The molecule has 1 heterocycles. The van der Waals surface area contributed by atoms with Crippen LogP contribution in [0.5, 0.6) is 0 Å². The molecule has 1 fully saturated rings. The first-order valence-electron chi connectivity index (χ1n) is 9.20. The maximum atomic E-state index is 12.7. The molecule has 1 saturated heterocycles. The highest BCUT2D eigenvalue weighted by molar-refractivity contribution is 9.10. The van der Waals surface area contributed by atoms with E-state index in [1.807, 2.05) is 53.4 Å². The van der Waals surface area contributed by atoms with Gasteiger partial charge in [0.05, 0.1) is 6.54 Å². The Hall–Kier alpha value is -2.34. The zero-order valence-corrected chi connectivity index (χ0v) is 17.0. The second-order valence-electron chi connectivity index (χ2n) is 6.96. The molecule has 5 nitrogen and oxygen atoms in total. The highest BCUT2D eigenvalue weighted by atomic mass is 79.9. The third-order valence-corrected chi connectivity index (χ3v) is 5.29. The average molecular weight is 430 g/mol. The number of hydrogen-bond donors (Lipinski definition) is 2. The summed E-state index contributed by atoms with van der Waals surface area (Å²) in [6.07, 6.45) is 2.11. The number of carbonyl (C=O) groups is 2. The SMILES string of the molecule is CC1CCN(C(=O)c2cccc(NCC(=O)Nc3ccc(Br)cc3)c2)CC1. The molecule has 0 radical (unpaired) electrons. The summed E-state index contributed by atoms with van der Waals surface area (Å²) in [7, 11) is 0. The molecule has 0 spiro atoms. The fourth-order valence-electron chi connectivity index (χ4n) is 3.08. The van der Waals surface area contributed by atoms with Crippen molar-refractivity contribution in [2.45, 2.75) is 19.8 Å². The highest BCUT2D eigenvalue weighted by Crippen LogP contribution is 2.20. The molecule has 0 aliphatic carbocycles. The van der Waals surface area contributed by atoms with E-state index in [9.17, 15) is 9.59 Å². The Bertz CT molecular complexity index is 799. The van der Waals surface area contributed by atoms with Crippen molar-refractivity contribution in [2.24, 2.45) is 5.92 Å². The first-order chi connectivity index (χ1) is 13.0. The number of amides is 2. The lowest BCUT2D eigenvalue weighted by Crippen LogP contribution is -2.37. The number of carbonyl (C=O) groups excluding carboxylic acids is 2. The van der Waals surface area contributed by atoms with Crippen LogP contribution >= 0.6 is 15.9 Å². The van der Waals surface area contributed by atoms with E-state index in [1.54, 1.807) is 0 Å². The van der Waals surface area contributed by atoms with Crippen molar-refractivity contribution in [3.63, 3.8) is 0 Å². The summed E-state index contributed by atoms with van der Waals surface area (Å²) < 4.78 is 0.961. The van der Waals surface area contributed by atoms with Gasteiger partial charge < -0.3 is 15.5 Å². The molecule has 2 aromatic rings. The largest absolute Gasteiger partial charge is 0.376 e. The van der Waals surface area contributed by atoms with Gasteiger partial charge in [0.2, 0.25) is 5.91 Å². The number of rotatable bonds is 5. The van der Waals surface area contributed by atoms with Crippen LogP contribution in [0.15, 0.2) is 53.0 Å². The van der Waals surface area contributed by atoms with Gasteiger partial charge in [-0.3, -0.25) is 9.59 Å². The molecule has 2 N–H and O–H groups in total. The van der Waals surface area contributed by atoms with E-state index in [4.69, 9.17) is 0 Å². The van der Waals surface area contributed by atoms with Gasteiger partial charge in [0.15, 0.2) is 0 Å². The predicted molar refractivity (Wildman–Crippen MR) is 112 cm³/mol. The van der Waals surface area contributed by atoms with Crippen LogP contribution in [0.25, 0.3) is 0 Å². The van der Waals surface area contributed by atoms with Crippen LogP contribution in [0.2, 0.25) is 0 Å². The van der Waals surface area contributed by atoms with Gasteiger partial charge >= 0.3 is 0 Å². The lowest BCUT2D eigenvalue weighted by molar-refractivity contribution is -0.114. The molecule has 0 bridgehead atoms. The fourth-order valence-corrected chi connectivity index (χ4v) is 3.34. The summed E-state index contributed by atoms with van der Waals surface area (Å²) in [5.41, 5.74) is 2.16. The van der Waals surface area contributed by atoms with Gasteiger partial charge in [-0.25, -0.2) is 0 Å². The van der Waals surface area contributed by atoms with Gasteiger partial charge in [-0.05, 0) is 61.2 Å². The summed E-state index contributed by atoms with van der Waals surface area (Å²) in [4.78, 5) is 26.7. The number of piperidine rings is 1. The number of hydrogen-bond acceptors (Lipinski definition) is 3. The second-order valence-corrected chi connectivity index (χ2v) is 7.88. The zero-order chi connectivity index (χ0) is 19.2. The Labute approximate surface area is 168 Å². The molecule has 3 rings (SSSR count). The first-order valence-corrected chi connectivity index (χ1v) is 9.99. The minimum absolute atomic E-state index is 0.0601. The Morgan fingerprint density at radius 1 is 1.07 bits per heavy atom. The fraction of sp³-hybridized carbons (Fsp3) is 0.333. The summed E-state index contributed by atoms with van der Waals surface area (Å²) in [6, 6.07) is 14.8. The third-order valence-electron chi connectivity index (χ3n) is 4.76. The molecule has 0 aromatic heterocycles. The third kappa shape index (κ3) is 5.57. The summed E-state index contributed by atoms with van der Waals surface area (Å²) in [5, 5.41) is 5.92. The number of nitrogens with one attached hydrogen (secondary N) is 2. The average Bonchev–Trinajstić information content (AvgIpc) is 2.68. The van der Waals surface area contributed by atoms with E-state index < -0.39 is 0 Å². The maximum absolute atomic E-state index is 12.7. The van der Waals surface area contributed by atoms with Crippen LogP contribution in [0, 0.1) is 5.92 Å². The highest BCUT2D eigenvalue weighted by Gasteiger charge is 2.21. The Balaban J connectivity index is 1.55. The van der Waals surface area contributed by atoms with Crippen molar-refractivity contribution in [1.82, 2.24) is 4.90 Å². The van der Waals surface area contributed by atoms with Crippen LogP contribution in [-0.4, -0.2) is 36.3 Å². The molecular weight excluding hydrogens is 406 g/mol. The van der Waals surface area contributed by atoms with Gasteiger partial charge in [0, 0.05) is 34.5 Å². The normalized spacial score (nSPS) is 14.7. The van der Waals surface area contributed by atoms with Crippen molar-refractivity contribution in [3.8, 4) is 0 Å². The van der Waals surface area contributed by atoms with Crippen LogP contribution in [-0.2, 0) is 4.79 Å². The van der Waals surface area contributed by atoms with E-state index in [0.717, 1.165) is 41.8 Å². The van der Waals surface area contributed by atoms with Crippen LogP contribution in [0.4, 0.5) is 11.4 Å². The Morgan fingerprint density at radius 3 is 2.48 bits per heavy atom. The summed E-state index contributed by atoms with van der Waals surface area (Å²) >= 11 is 3.37. The smallest absolute Gasteiger partial charge is 0.253 e. The predicted octanol–water partition coefficient (Wildman–Crippen LogP) is 4.37. The minimum Gasteiger partial charge on any atom is -0.376 e. The van der Waals surface area contributed by atoms with E-state index in [-0.39, 0.29) is 18.4 Å². The number of likely N-dealkylation sites (tertiary alicyclic amines) is 1. The zero-order valence-electron chi connectivity index (χ0n) is 15.4. The molecule has 0 atom stereocenters. The van der Waals surface area contributed by atoms with Crippen molar-refractivity contribution in [2.75, 3.05) is 30.3 Å². The molecule has 2 aromatic carbocycles. The van der Waals surface area contributed by atoms with Crippen LogP contribution < -0.4 is 10.6 Å². The monoisotopic (exact) mass is 429 g/mol. The molecule has 1 aliphatic heterocycles. The molecule has 6 heteroatoms. The number of halogens is 1. The van der Waals surface area contributed by atoms with E-state index in [1.165, 1.54) is 0 Å². The number of anilines is 2. The van der Waals surface area contributed by atoms with E-state index in [0.29, 0.717) is 11.5 Å². The van der Waals surface area contributed by atoms with Crippen LogP contribution in [0.1, 0.15) is 30.1 Å². The van der Waals surface area contributed by atoms with E-state index >= 15 is 0 Å². The minimum atomic E-state index is -0.140. The van der Waals surface area contributed by atoms with Crippen molar-refractivity contribution in [1.29, 1.82) is 0 Å². The van der Waals surface area contributed by atoms with Gasteiger partial charge in [-0.1, -0.05) is 28.9 Å². The van der Waals surface area contributed by atoms with Crippen molar-refractivity contribution >= 4 is 39.1 Å². The summed E-state index contributed by atoms with van der Waals surface area (Å²) in [5.74, 6) is 0.607. The van der Waals surface area contributed by atoms with Crippen molar-refractivity contribution in [3.05, 3.63) is 58.6 Å². The Morgan fingerprint density at radius 2 is 1.78 bits per heavy atom. The quantitative estimate of drug-likeness (QED) is 0.741. The molecule has 2 amide bonds. The number of nitrogens with zero attached hydrogens (tertiary/aromatic N) is 1. The van der Waals surface area contributed by atoms with Gasteiger partial charge in [0.1, 0.15) is 0 Å². The van der Waals surface area contributed by atoms with Gasteiger partial charge in [-0.15, -0.1) is 0 Å². The van der Waals surface area contributed by atoms with Crippen molar-refractivity contribution < 1.29 is 9.59 Å². The number of benzene rings is 2. The molecule has 27 heavy (non-hydrogen) atoms. The summed E-state index contributed by atoms with van der Waals surface area (Å²) in [6.45, 7) is 3.99. The van der Waals surface area contributed by atoms with Crippen LogP contribution in [0.3, 0.4) is 0 Å². The van der Waals surface area contributed by atoms with E-state index in [2.05, 4.69) is 33.5 Å². The molecule has 0 unspecified atom stereocenters. The molecular formula is C21H24BrN3O2. The van der Waals surface area contributed by atoms with Gasteiger partial charge in [0.25, 0.3) is 5.91 Å². The second kappa shape index (κ2) is 9.04. The molecule has 1 aliphatic rings.